The minimum atomic E-state index is -3.87. The van der Waals surface area contributed by atoms with Gasteiger partial charge in [-0.2, -0.15) is 0 Å². The molecule has 180 valence electrons. The number of sulfonamides is 1. The lowest BCUT2D eigenvalue weighted by molar-refractivity contribution is -0.118. The summed E-state index contributed by atoms with van der Waals surface area (Å²) in [5.41, 5.74) is 0.618. The third kappa shape index (κ3) is 6.38. The molecule has 0 aromatic heterocycles. The van der Waals surface area contributed by atoms with Gasteiger partial charge in [-0.25, -0.2) is 8.42 Å². The largest absolute Gasteiger partial charge is 0.495 e. The molecule has 3 aromatic rings. The number of ether oxygens (including phenoxy) is 3. The van der Waals surface area contributed by atoms with E-state index < -0.39 is 15.9 Å². The summed E-state index contributed by atoms with van der Waals surface area (Å²) in [5, 5.41) is 3.51. The first-order valence-electron chi connectivity index (χ1n) is 9.55. The molecule has 0 aliphatic carbocycles. The van der Waals surface area contributed by atoms with Crippen LogP contribution in [0, 0.1) is 0 Å². The third-order valence-electron chi connectivity index (χ3n) is 4.42. The number of hydrogen-bond acceptors (Lipinski definition) is 6. The van der Waals surface area contributed by atoms with Crippen LogP contribution in [0.4, 0.5) is 11.4 Å². The average Bonchev–Trinajstić information content (AvgIpc) is 2.81. The molecule has 0 aliphatic rings. The van der Waals surface area contributed by atoms with Crippen LogP contribution >= 0.6 is 34.8 Å². The number of halogens is 3. The molecule has 0 unspecified atom stereocenters. The van der Waals surface area contributed by atoms with Crippen LogP contribution in [0.25, 0.3) is 0 Å². The Balaban J connectivity index is 1.62. The van der Waals surface area contributed by atoms with Crippen molar-refractivity contribution in [1.82, 2.24) is 0 Å². The van der Waals surface area contributed by atoms with Crippen molar-refractivity contribution in [3.63, 3.8) is 0 Å². The summed E-state index contributed by atoms with van der Waals surface area (Å²) in [6.07, 6.45) is 0. The highest BCUT2D eigenvalue weighted by Gasteiger charge is 2.16. The van der Waals surface area contributed by atoms with Gasteiger partial charge in [0.1, 0.15) is 17.2 Å². The van der Waals surface area contributed by atoms with Crippen molar-refractivity contribution in [1.29, 1.82) is 0 Å². The van der Waals surface area contributed by atoms with E-state index in [1.54, 1.807) is 0 Å². The number of rotatable bonds is 9. The second kappa shape index (κ2) is 11.1. The molecular formula is C22H19Cl3N2O6S. The highest BCUT2D eigenvalue weighted by Crippen LogP contribution is 2.35. The van der Waals surface area contributed by atoms with Gasteiger partial charge in [0, 0.05) is 12.1 Å². The van der Waals surface area contributed by atoms with Crippen molar-refractivity contribution in [3.8, 4) is 17.2 Å². The van der Waals surface area contributed by atoms with Gasteiger partial charge < -0.3 is 19.5 Å². The fourth-order valence-corrected chi connectivity index (χ4v) is 4.36. The molecule has 3 rings (SSSR count). The quantitative estimate of drug-likeness (QED) is 0.369. The zero-order valence-corrected chi connectivity index (χ0v) is 21.0. The average molecular weight is 546 g/mol. The van der Waals surface area contributed by atoms with Crippen molar-refractivity contribution in [2.45, 2.75) is 4.90 Å². The van der Waals surface area contributed by atoms with E-state index in [4.69, 9.17) is 49.0 Å². The number of benzene rings is 3. The van der Waals surface area contributed by atoms with Crippen LogP contribution in [0.3, 0.4) is 0 Å². The second-order valence-electron chi connectivity index (χ2n) is 6.73. The summed E-state index contributed by atoms with van der Waals surface area (Å²) < 4.78 is 43.4. The molecular weight excluding hydrogens is 527 g/mol. The first-order valence-corrected chi connectivity index (χ1v) is 12.2. The lowest BCUT2D eigenvalue weighted by Gasteiger charge is -2.13. The van der Waals surface area contributed by atoms with Gasteiger partial charge in [0.05, 0.1) is 45.6 Å². The van der Waals surface area contributed by atoms with E-state index in [1.165, 1.54) is 68.8 Å². The first kappa shape index (κ1) is 25.8. The summed E-state index contributed by atoms with van der Waals surface area (Å²) in [6.45, 7) is -0.332. The number of carbonyl (C=O) groups is 1. The SMILES string of the molecule is COc1cc(NC(=O)COc2ccc(S(=O)(=O)Nc3ccc(Cl)c(Cl)c3)cc2)c(OC)cc1Cl. The van der Waals surface area contributed by atoms with Crippen molar-refractivity contribution in [2.75, 3.05) is 30.9 Å². The van der Waals surface area contributed by atoms with E-state index >= 15 is 0 Å². The summed E-state index contributed by atoms with van der Waals surface area (Å²) in [4.78, 5) is 12.3. The van der Waals surface area contributed by atoms with Gasteiger partial charge in [0.2, 0.25) is 0 Å². The summed E-state index contributed by atoms with van der Waals surface area (Å²) in [7, 11) is -0.981. The first-order chi connectivity index (χ1) is 16.1. The molecule has 3 aromatic carbocycles. The summed E-state index contributed by atoms with van der Waals surface area (Å²) >= 11 is 17.8. The standard InChI is InChI=1S/C22H19Cl3N2O6S/c1-31-20-11-19(21(32-2)10-18(20)25)26-22(28)12-33-14-4-6-15(7-5-14)34(29,30)27-13-3-8-16(23)17(24)9-13/h3-11,27H,12H2,1-2H3,(H,26,28). The van der Waals surface area contributed by atoms with Crippen LogP contribution in [0.1, 0.15) is 0 Å². The van der Waals surface area contributed by atoms with E-state index in [2.05, 4.69) is 10.0 Å². The smallest absolute Gasteiger partial charge is 0.262 e. The number of nitrogens with one attached hydrogen (secondary N) is 2. The molecule has 0 radical (unpaired) electrons. The Morgan fingerprint density at radius 1 is 0.853 bits per heavy atom. The van der Waals surface area contributed by atoms with Crippen LogP contribution in [-0.2, 0) is 14.8 Å². The van der Waals surface area contributed by atoms with Crippen molar-refractivity contribution in [3.05, 3.63) is 69.7 Å². The summed E-state index contributed by atoms with van der Waals surface area (Å²) in [5.74, 6) is 0.540. The van der Waals surface area contributed by atoms with Gasteiger partial charge in [-0.1, -0.05) is 34.8 Å². The molecule has 0 saturated heterocycles. The highest BCUT2D eigenvalue weighted by molar-refractivity contribution is 7.92. The fraction of sp³-hybridized carbons (Fsp3) is 0.136. The van der Waals surface area contributed by atoms with E-state index in [0.29, 0.717) is 33.0 Å². The molecule has 0 spiro atoms. The van der Waals surface area contributed by atoms with Gasteiger partial charge in [-0.3, -0.25) is 9.52 Å². The van der Waals surface area contributed by atoms with Gasteiger partial charge >= 0.3 is 0 Å². The summed E-state index contributed by atoms with van der Waals surface area (Å²) in [6, 6.07) is 13.0. The van der Waals surface area contributed by atoms with Crippen molar-refractivity contribution in [2.24, 2.45) is 0 Å². The molecule has 34 heavy (non-hydrogen) atoms. The molecule has 0 atom stereocenters. The second-order valence-corrected chi connectivity index (χ2v) is 9.63. The molecule has 12 heteroatoms. The molecule has 0 bridgehead atoms. The van der Waals surface area contributed by atoms with Gasteiger partial charge in [0.25, 0.3) is 15.9 Å². The van der Waals surface area contributed by atoms with Crippen molar-refractivity contribution < 1.29 is 27.4 Å². The van der Waals surface area contributed by atoms with Crippen LogP contribution < -0.4 is 24.2 Å². The minimum absolute atomic E-state index is 0.00614. The van der Waals surface area contributed by atoms with Gasteiger partial charge in [-0.05, 0) is 42.5 Å². The molecule has 2 N–H and O–H groups in total. The maximum absolute atomic E-state index is 12.6. The Labute approximate surface area is 211 Å². The predicted molar refractivity (Wildman–Crippen MR) is 132 cm³/mol. The Hall–Kier alpha value is -2.85. The fourth-order valence-electron chi connectivity index (χ4n) is 2.78. The maximum Gasteiger partial charge on any atom is 0.262 e. The van der Waals surface area contributed by atoms with Crippen LogP contribution in [-0.4, -0.2) is 35.2 Å². The van der Waals surface area contributed by atoms with Gasteiger partial charge in [-0.15, -0.1) is 0 Å². The monoisotopic (exact) mass is 544 g/mol. The van der Waals surface area contributed by atoms with Crippen LogP contribution in [0.2, 0.25) is 15.1 Å². The molecule has 0 fully saturated rings. The van der Waals surface area contributed by atoms with E-state index in [1.807, 2.05) is 0 Å². The Bertz CT molecular complexity index is 1300. The van der Waals surface area contributed by atoms with E-state index in [-0.39, 0.29) is 22.2 Å². The topological polar surface area (TPSA) is 103 Å². The number of carbonyl (C=O) groups excluding carboxylic acids is 1. The molecule has 0 heterocycles. The number of methoxy groups -OCH3 is 2. The molecule has 0 aliphatic heterocycles. The molecule has 1 amide bonds. The zero-order valence-electron chi connectivity index (χ0n) is 17.9. The number of amides is 1. The minimum Gasteiger partial charge on any atom is -0.495 e. The third-order valence-corrected chi connectivity index (χ3v) is 6.86. The van der Waals surface area contributed by atoms with Crippen LogP contribution in [0.15, 0.2) is 59.5 Å². The lowest BCUT2D eigenvalue weighted by atomic mass is 10.2. The highest BCUT2D eigenvalue weighted by atomic mass is 35.5. The molecule has 8 nitrogen and oxygen atoms in total. The van der Waals surface area contributed by atoms with E-state index in [0.717, 1.165) is 0 Å². The van der Waals surface area contributed by atoms with Crippen molar-refractivity contribution >= 4 is 62.1 Å². The molecule has 0 saturated carbocycles. The van der Waals surface area contributed by atoms with Gasteiger partial charge in [0.15, 0.2) is 6.61 Å². The Morgan fingerprint density at radius 3 is 2.15 bits per heavy atom. The zero-order chi connectivity index (χ0) is 24.9. The van der Waals surface area contributed by atoms with E-state index in [9.17, 15) is 13.2 Å². The normalized spacial score (nSPS) is 11.0. The van der Waals surface area contributed by atoms with Crippen LogP contribution in [0.5, 0.6) is 17.2 Å². The maximum atomic E-state index is 12.6. The number of hydrogen-bond donors (Lipinski definition) is 2. The Kier molecular flexibility index (Phi) is 8.37. The number of anilines is 2. The predicted octanol–water partition coefficient (Wildman–Crippen LogP) is 5.48. The lowest BCUT2D eigenvalue weighted by Crippen LogP contribution is -2.20. The Morgan fingerprint density at radius 2 is 1.53 bits per heavy atom.